The van der Waals surface area contributed by atoms with Crippen molar-refractivity contribution in [3.05, 3.63) is 84.6 Å². The lowest BCUT2D eigenvalue weighted by Gasteiger charge is -2.09. The third kappa shape index (κ3) is 24.9. The summed E-state index contributed by atoms with van der Waals surface area (Å²) in [4.78, 5) is 65.0. The van der Waals surface area contributed by atoms with E-state index in [1.54, 1.807) is 13.1 Å². The third-order valence-electron chi connectivity index (χ3n) is 7.84. The number of nitrogens with zero attached hydrogens (tertiary/aromatic N) is 2. The molecule has 4 rings (SSSR count). The highest BCUT2D eigenvalue weighted by atomic mass is 16.4. The van der Waals surface area contributed by atoms with Crippen molar-refractivity contribution in [2.75, 3.05) is 18.4 Å². The maximum atomic E-state index is 10.6. The number of aromatic amines is 2. The lowest BCUT2D eigenvalue weighted by Crippen LogP contribution is -2.32. The number of para-hydroxylation sites is 2. The molecule has 0 aliphatic heterocycles. The highest BCUT2D eigenvalue weighted by Crippen LogP contribution is 2.18. The summed E-state index contributed by atoms with van der Waals surface area (Å²) in [5.41, 5.74) is 40.0. The van der Waals surface area contributed by atoms with Crippen molar-refractivity contribution in [2.24, 2.45) is 45.1 Å². The van der Waals surface area contributed by atoms with Crippen molar-refractivity contribution < 1.29 is 49.5 Å². The van der Waals surface area contributed by atoms with Gasteiger partial charge in [0.25, 0.3) is 0 Å². The lowest BCUT2D eigenvalue weighted by molar-refractivity contribution is -0.139. The van der Waals surface area contributed by atoms with E-state index in [4.69, 9.17) is 65.7 Å². The molecule has 22 N–H and O–H groups in total. The van der Waals surface area contributed by atoms with Gasteiger partial charge in [0.15, 0.2) is 5.96 Å². The zero-order valence-electron chi connectivity index (χ0n) is 33.4. The quantitative estimate of drug-likeness (QED) is 0.0336. The van der Waals surface area contributed by atoms with Crippen molar-refractivity contribution in [1.29, 1.82) is 0 Å². The van der Waals surface area contributed by atoms with Crippen LogP contribution in [0.4, 0.5) is 5.69 Å². The number of carbonyl (C=O) groups is 5. The normalized spacial score (nSPS) is 12.6. The minimum absolute atomic E-state index is 0.0129. The average Bonchev–Trinajstić information content (AvgIpc) is 3.87. The average molecular weight is 845 g/mol. The van der Waals surface area contributed by atoms with E-state index in [0.717, 1.165) is 40.7 Å². The van der Waals surface area contributed by atoms with Crippen LogP contribution in [0.1, 0.15) is 50.3 Å². The Balaban J connectivity index is 0.000000731. The number of aliphatic carboxylic acids is 5. The standard InChI is InChI=1S/C11H12N2O2.C9H11NO2.C6H14N4O2.C6H9N3O2.C6H14N2O2/c12-9(11(14)15)5-7-6-13-10-4-2-1-3-8(7)10;1-7(9(11)12)10-8-5-3-2-4-6-8;7-4(5(11)12)2-1-3-10-6(8)9;7-5(6(10)11)1-4-2-8-3-9-4;7-4-2-1-3-5(8)6(9)10/h1-4,6,9,13H,5,12H2,(H,14,15);2-7,10H,1H3,(H,11,12);4H,1-3,7H2,(H,11,12)(H4,8,9,10);2-3,5H,1,7H2,(H,8,9)(H,10,11);5H,1-4,7-8H2,(H,9,10). The maximum absolute atomic E-state index is 10.6. The fourth-order valence-corrected chi connectivity index (χ4v) is 4.47. The molecule has 5 unspecified atom stereocenters. The van der Waals surface area contributed by atoms with Gasteiger partial charge in [-0.1, -0.05) is 42.8 Å². The molecule has 2 heterocycles. The first-order chi connectivity index (χ1) is 28.3. The summed E-state index contributed by atoms with van der Waals surface area (Å²) >= 11 is 0. The number of unbranched alkanes of at least 4 members (excludes halogenated alkanes) is 1. The van der Waals surface area contributed by atoms with E-state index in [1.807, 2.05) is 60.8 Å². The van der Waals surface area contributed by atoms with Crippen molar-refractivity contribution in [1.82, 2.24) is 15.0 Å². The zero-order chi connectivity index (χ0) is 45.6. The first-order valence-electron chi connectivity index (χ1n) is 18.6. The van der Waals surface area contributed by atoms with Crippen LogP contribution in [-0.2, 0) is 36.8 Å². The van der Waals surface area contributed by atoms with Gasteiger partial charge in [-0.2, -0.15) is 0 Å². The highest BCUT2D eigenvalue weighted by molar-refractivity contribution is 5.84. The van der Waals surface area contributed by atoms with Gasteiger partial charge in [-0.15, -0.1) is 0 Å². The van der Waals surface area contributed by atoms with Gasteiger partial charge >= 0.3 is 29.8 Å². The van der Waals surface area contributed by atoms with E-state index in [0.29, 0.717) is 38.8 Å². The molecule has 2 aromatic carbocycles. The number of aromatic nitrogens is 3. The Kier molecular flexibility index (Phi) is 27.1. The molecule has 332 valence electrons. The Morgan fingerprint density at radius 3 is 1.73 bits per heavy atom. The van der Waals surface area contributed by atoms with Crippen LogP contribution < -0.4 is 45.5 Å². The molecule has 22 heteroatoms. The van der Waals surface area contributed by atoms with Gasteiger partial charge in [0.05, 0.1) is 6.33 Å². The van der Waals surface area contributed by atoms with Crippen molar-refractivity contribution in [2.45, 2.75) is 82.1 Å². The lowest BCUT2D eigenvalue weighted by atomic mass is 10.1. The number of fused-ring (bicyclic) bond motifs is 1. The van der Waals surface area contributed by atoms with E-state index in [9.17, 15) is 24.0 Å². The summed E-state index contributed by atoms with van der Waals surface area (Å²) in [5, 5.41) is 46.3. The molecule has 0 amide bonds. The molecule has 0 saturated heterocycles. The van der Waals surface area contributed by atoms with Gasteiger partial charge in [-0.05, 0) is 62.9 Å². The fourth-order valence-electron chi connectivity index (χ4n) is 4.47. The monoisotopic (exact) mass is 844 g/mol. The Hall–Kier alpha value is -6.59. The first-order valence-corrected chi connectivity index (χ1v) is 18.6. The summed E-state index contributed by atoms with van der Waals surface area (Å²) in [6, 6.07) is 13.2. The number of imidazole rings is 1. The summed E-state index contributed by atoms with van der Waals surface area (Å²) < 4.78 is 0. The largest absolute Gasteiger partial charge is 0.480 e. The summed E-state index contributed by atoms with van der Waals surface area (Å²) in [5.74, 6) is -4.74. The van der Waals surface area contributed by atoms with Gasteiger partial charge in [0.2, 0.25) is 0 Å². The molecule has 0 saturated carbocycles. The number of aliphatic imine (C=N–C) groups is 1. The number of anilines is 1. The molecular weight excluding hydrogens is 784 g/mol. The molecule has 0 fully saturated rings. The molecule has 0 bridgehead atoms. The molecule has 0 radical (unpaired) electrons. The van der Waals surface area contributed by atoms with Crippen LogP contribution in [0.25, 0.3) is 10.9 Å². The van der Waals surface area contributed by atoms with Crippen LogP contribution in [-0.4, -0.2) is 120 Å². The van der Waals surface area contributed by atoms with Crippen LogP contribution in [0.5, 0.6) is 0 Å². The highest BCUT2D eigenvalue weighted by Gasteiger charge is 2.15. The molecule has 0 aliphatic carbocycles. The predicted octanol–water partition coefficient (Wildman–Crippen LogP) is 0.0372. The van der Waals surface area contributed by atoms with Gasteiger partial charge in [-0.3, -0.25) is 29.0 Å². The number of H-pyrrole nitrogens is 2. The number of nitrogens with two attached hydrogens (primary N) is 7. The number of rotatable bonds is 19. The molecule has 2 aromatic heterocycles. The van der Waals surface area contributed by atoms with Crippen LogP contribution in [0.15, 0.2) is 78.3 Å². The number of hydrogen-bond donors (Lipinski definition) is 15. The number of guanidine groups is 1. The first kappa shape index (κ1) is 53.4. The van der Waals surface area contributed by atoms with Crippen LogP contribution in [0, 0.1) is 0 Å². The SMILES string of the molecule is CC(Nc1ccccc1)C(=O)O.NC(Cc1c[nH]c2ccccc12)C(=O)O.NC(Cc1cnc[nH]1)C(=O)O.NC(N)=NCCCC(N)C(=O)O.NCCCCC(N)C(=O)O. The third-order valence-corrected chi connectivity index (χ3v) is 7.84. The van der Waals surface area contributed by atoms with Gasteiger partial charge in [-0.25, -0.2) is 4.98 Å². The summed E-state index contributed by atoms with van der Waals surface area (Å²) in [7, 11) is 0. The van der Waals surface area contributed by atoms with Crippen molar-refractivity contribution in [3.8, 4) is 0 Å². The van der Waals surface area contributed by atoms with Crippen molar-refractivity contribution >= 4 is 52.4 Å². The minimum atomic E-state index is -1.00. The molecule has 0 aliphatic rings. The van der Waals surface area contributed by atoms with Gasteiger partial charge < -0.3 is 81.0 Å². The smallest absolute Gasteiger partial charge is 0.325 e. The molecule has 22 nitrogen and oxygen atoms in total. The second-order valence-corrected chi connectivity index (χ2v) is 12.9. The fraction of sp³-hybridized carbons (Fsp3) is 0.395. The summed E-state index contributed by atoms with van der Waals surface area (Å²) in [6.07, 6.45) is 8.61. The molecule has 60 heavy (non-hydrogen) atoms. The zero-order valence-corrected chi connectivity index (χ0v) is 33.4. The van der Waals surface area contributed by atoms with E-state index in [1.165, 1.54) is 6.33 Å². The number of benzene rings is 2. The van der Waals surface area contributed by atoms with Crippen LogP contribution in [0.3, 0.4) is 0 Å². The number of carboxylic acids is 5. The Labute approximate surface area is 346 Å². The van der Waals surface area contributed by atoms with Crippen LogP contribution in [0.2, 0.25) is 0 Å². The Morgan fingerprint density at radius 1 is 0.700 bits per heavy atom. The second kappa shape index (κ2) is 30.5. The molecule has 4 aromatic rings. The Morgan fingerprint density at radius 2 is 1.23 bits per heavy atom. The van der Waals surface area contributed by atoms with E-state index in [2.05, 4.69) is 25.3 Å². The van der Waals surface area contributed by atoms with E-state index in [-0.39, 0.29) is 12.4 Å². The minimum Gasteiger partial charge on any atom is -0.480 e. The number of nitrogens with one attached hydrogen (secondary N) is 3. The van der Waals surface area contributed by atoms with Crippen molar-refractivity contribution in [3.63, 3.8) is 0 Å². The molecule has 5 atom stereocenters. The van der Waals surface area contributed by atoms with E-state index < -0.39 is 60.1 Å². The van der Waals surface area contributed by atoms with Crippen LogP contribution >= 0.6 is 0 Å². The van der Waals surface area contributed by atoms with Gasteiger partial charge in [0.1, 0.15) is 30.2 Å². The number of carboxylic acid groups (broad SMARTS) is 5. The van der Waals surface area contributed by atoms with Gasteiger partial charge in [0, 0.05) is 54.1 Å². The Bertz CT molecular complexity index is 1860. The topological polar surface area (TPSA) is 437 Å². The molecule has 0 spiro atoms. The number of hydrogen-bond acceptors (Lipinski definition) is 13. The predicted molar refractivity (Wildman–Crippen MR) is 227 cm³/mol. The maximum Gasteiger partial charge on any atom is 0.325 e. The molecular formula is C38H60N12O10. The van der Waals surface area contributed by atoms with E-state index >= 15 is 0 Å². The second-order valence-electron chi connectivity index (χ2n) is 12.9. The summed E-state index contributed by atoms with van der Waals surface area (Å²) in [6.45, 7) is 2.63.